The molecule has 0 saturated carbocycles. The first-order valence-electron chi connectivity index (χ1n) is 9.52. The van der Waals surface area contributed by atoms with E-state index in [-0.39, 0.29) is 23.1 Å². The number of nitrogens with one attached hydrogen (secondary N) is 1. The fourth-order valence-electron chi connectivity index (χ4n) is 2.82. The van der Waals surface area contributed by atoms with Gasteiger partial charge in [-0.1, -0.05) is 27.7 Å². The highest BCUT2D eigenvalue weighted by Crippen LogP contribution is 2.42. The summed E-state index contributed by atoms with van der Waals surface area (Å²) < 4.78 is 56.7. The molecule has 3 N–H and O–H groups in total. The van der Waals surface area contributed by atoms with Gasteiger partial charge in [-0.3, -0.25) is 4.72 Å². The van der Waals surface area contributed by atoms with Crippen LogP contribution in [0.2, 0.25) is 0 Å². The summed E-state index contributed by atoms with van der Waals surface area (Å²) in [6.45, 7) is 7.47. The lowest BCUT2D eigenvalue weighted by atomic mass is 9.98. The number of hydrogen-bond acceptors (Lipinski definition) is 7. The normalized spacial score (nSPS) is 12.2. The minimum atomic E-state index is -3.77. The van der Waals surface area contributed by atoms with Gasteiger partial charge in [0.2, 0.25) is 16.0 Å². The predicted octanol–water partition coefficient (Wildman–Crippen LogP) is 4.58. The van der Waals surface area contributed by atoms with Crippen molar-refractivity contribution >= 4 is 33.0 Å². The summed E-state index contributed by atoms with van der Waals surface area (Å²) >= 11 is 1.24. The van der Waals surface area contributed by atoms with Crippen molar-refractivity contribution in [3.8, 4) is 21.8 Å². The number of benzene rings is 1. The van der Waals surface area contributed by atoms with Gasteiger partial charge >= 0.3 is 0 Å². The van der Waals surface area contributed by atoms with Crippen LogP contribution < -0.4 is 10.5 Å². The molecule has 0 aliphatic rings. The number of aromatic nitrogens is 3. The molecule has 0 atom stereocenters. The molecule has 0 aliphatic heterocycles. The number of nitrogens with two attached hydrogens (primary N) is 1. The Kier molecular flexibility index (Phi) is 6.28. The SMILES string of the molecule is CCCS(=O)(=O)Nc1ccc(F)c(-c2nc(C(C)(C)C)sc2-c2ccnc(N)n2)c1F. The summed E-state index contributed by atoms with van der Waals surface area (Å²) in [6, 6.07) is 3.64. The van der Waals surface area contributed by atoms with Gasteiger partial charge in [0, 0.05) is 11.6 Å². The molecule has 2 heterocycles. The Morgan fingerprint density at radius 2 is 1.87 bits per heavy atom. The second kappa shape index (κ2) is 8.46. The van der Waals surface area contributed by atoms with Crippen LogP contribution in [0.3, 0.4) is 0 Å². The number of thiazole rings is 1. The van der Waals surface area contributed by atoms with Gasteiger partial charge in [-0.15, -0.1) is 11.3 Å². The van der Waals surface area contributed by atoms with Gasteiger partial charge < -0.3 is 5.73 Å². The number of rotatable bonds is 6. The van der Waals surface area contributed by atoms with Gasteiger partial charge in [-0.2, -0.15) is 0 Å². The van der Waals surface area contributed by atoms with Crippen molar-refractivity contribution in [2.45, 2.75) is 39.5 Å². The number of hydrogen-bond donors (Lipinski definition) is 2. The van der Waals surface area contributed by atoms with Crippen LogP contribution >= 0.6 is 11.3 Å². The van der Waals surface area contributed by atoms with E-state index in [4.69, 9.17) is 5.73 Å². The molecule has 7 nitrogen and oxygen atoms in total. The Morgan fingerprint density at radius 1 is 1.16 bits per heavy atom. The standard InChI is InChI=1S/C20H23F2N5O2S2/c1-5-10-31(28,29)27-12-7-6-11(21)14(15(12)22)16-17(13-8-9-24-19(23)25-13)30-18(26-16)20(2,3)4/h6-9,27H,5,10H2,1-4H3,(H2,23,24,25). The van der Waals surface area contributed by atoms with Crippen molar-refractivity contribution in [3.05, 3.63) is 41.0 Å². The fourth-order valence-corrected chi connectivity index (χ4v) is 5.05. The van der Waals surface area contributed by atoms with Crippen molar-refractivity contribution in [3.63, 3.8) is 0 Å². The lowest BCUT2D eigenvalue weighted by Crippen LogP contribution is -2.17. The van der Waals surface area contributed by atoms with Crippen LogP contribution in [0, 0.1) is 11.6 Å². The molecule has 0 spiro atoms. The van der Waals surface area contributed by atoms with Crippen molar-refractivity contribution in [1.82, 2.24) is 15.0 Å². The van der Waals surface area contributed by atoms with Crippen LogP contribution in [-0.4, -0.2) is 29.1 Å². The van der Waals surface area contributed by atoms with Gasteiger partial charge in [-0.25, -0.2) is 32.2 Å². The number of sulfonamides is 1. The molecule has 2 aromatic heterocycles. The van der Waals surface area contributed by atoms with Gasteiger partial charge in [-0.05, 0) is 24.6 Å². The second-order valence-electron chi connectivity index (χ2n) is 7.95. The number of nitrogens with zero attached hydrogens (tertiary/aromatic N) is 3. The van der Waals surface area contributed by atoms with Crippen molar-refractivity contribution in [2.24, 2.45) is 0 Å². The molecule has 3 rings (SSSR count). The monoisotopic (exact) mass is 467 g/mol. The van der Waals surface area contributed by atoms with Crippen molar-refractivity contribution in [1.29, 1.82) is 0 Å². The van der Waals surface area contributed by atoms with Gasteiger partial charge in [0.25, 0.3) is 0 Å². The van der Waals surface area contributed by atoms with Crippen LogP contribution in [0.5, 0.6) is 0 Å². The highest BCUT2D eigenvalue weighted by Gasteiger charge is 2.28. The molecule has 0 fully saturated rings. The molecule has 0 unspecified atom stereocenters. The summed E-state index contributed by atoms with van der Waals surface area (Å²) in [5.74, 6) is -2.09. The first-order chi connectivity index (χ1) is 14.4. The molecule has 31 heavy (non-hydrogen) atoms. The Labute approximate surface area is 183 Å². The lowest BCUT2D eigenvalue weighted by molar-refractivity contribution is 0.580. The van der Waals surface area contributed by atoms with E-state index in [1.165, 1.54) is 17.5 Å². The maximum atomic E-state index is 15.4. The molecular formula is C20H23F2N5O2S2. The first-order valence-corrected chi connectivity index (χ1v) is 12.0. The Morgan fingerprint density at radius 3 is 2.48 bits per heavy atom. The number of halogens is 2. The molecule has 166 valence electrons. The zero-order chi connectivity index (χ0) is 23.0. The van der Waals surface area contributed by atoms with E-state index in [1.807, 2.05) is 20.8 Å². The number of anilines is 2. The van der Waals surface area contributed by atoms with Crippen LogP contribution in [0.15, 0.2) is 24.4 Å². The van der Waals surface area contributed by atoms with E-state index in [0.717, 1.165) is 12.1 Å². The first kappa shape index (κ1) is 23.0. The Bertz CT molecular complexity index is 1220. The second-order valence-corrected chi connectivity index (χ2v) is 10.8. The van der Waals surface area contributed by atoms with Crippen molar-refractivity contribution < 1.29 is 17.2 Å². The molecule has 0 saturated heterocycles. The molecule has 3 aromatic rings. The van der Waals surface area contributed by atoms with E-state index >= 15 is 4.39 Å². The Hall–Kier alpha value is -2.66. The summed E-state index contributed by atoms with van der Waals surface area (Å²) in [6.07, 6.45) is 1.80. The van der Waals surface area contributed by atoms with Crippen molar-refractivity contribution in [2.75, 3.05) is 16.2 Å². The summed E-state index contributed by atoms with van der Waals surface area (Å²) in [4.78, 5) is 12.9. The van der Waals surface area contributed by atoms with E-state index < -0.39 is 32.6 Å². The van der Waals surface area contributed by atoms with E-state index in [2.05, 4.69) is 19.7 Å². The molecule has 1 aromatic carbocycles. The zero-order valence-electron chi connectivity index (χ0n) is 17.5. The van der Waals surface area contributed by atoms with E-state index in [9.17, 15) is 12.8 Å². The molecule has 0 bridgehead atoms. The Balaban J connectivity index is 2.25. The maximum Gasteiger partial charge on any atom is 0.232 e. The van der Waals surface area contributed by atoms with Gasteiger partial charge in [0.15, 0.2) is 5.82 Å². The topological polar surface area (TPSA) is 111 Å². The van der Waals surface area contributed by atoms with Crippen LogP contribution in [-0.2, 0) is 15.4 Å². The predicted molar refractivity (Wildman–Crippen MR) is 119 cm³/mol. The third-order valence-electron chi connectivity index (χ3n) is 4.24. The van der Waals surface area contributed by atoms with Gasteiger partial charge in [0.1, 0.15) is 5.82 Å². The van der Waals surface area contributed by atoms with Gasteiger partial charge in [0.05, 0.1) is 38.3 Å². The quantitative estimate of drug-likeness (QED) is 0.549. The molecule has 0 radical (unpaired) electrons. The fraction of sp³-hybridized carbons (Fsp3) is 0.350. The highest BCUT2D eigenvalue weighted by molar-refractivity contribution is 7.92. The largest absolute Gasteiger partial charge is 0.368 e. The molecule has 0 aliphatic carbocycles. The maximum absolute atomic E-state index is 15.4. The molecule has 0 amide bonds. The van der Waals surface area contributed by atoms with Crippen LogP contribution in [0.25, 0.3) is 21.8 Å². The summed E-state index contributed by atoms with van der Waals surface area (Å²) in [5.41, 5.74) is 4.91. The summed E-state index contributed by atoms with van der Waals surface area (Å²) in [5, 5.41) is 0.630. The minimum absolute atomic E-state index is 0.0104. The summed E-state index contributed by atoms with van der Waals surface area (Å²) in [7, 11) is -3.77. The molecule has 11 heteroatoms. The van der Waals surface area contributed by atoms with Crippen LogP contribution in [0.1, 0.15) is 39.1 Å². The lowest BCUT2D eigenvalue weighted by Gasteiger charge is -2.14. The number of nitrogen functional groups attached to an aromatic ring is 1. The average molecular weight is 468 g/mol. The van der Waals surface area contributed by atoms with E-state index in [1.54, 1.807) is 13.0 Å². The molecular weight excluding hydrogens is 444 g/mol. The zero-order valence-corrected chi connectivity index (χ0v) is 19.2. The minimum Gasteiger partial charge on any atom is -0.368 e. The highest BCUT2D eigenvalue weighted by atomic mass is 32.2. The third kappa shape index (κ3) is 4.99. The third-order valence-corrected chi connectivity index (χ3v) is 7.22. The average Bonchev–Trinajstić information content (AvgIpc) is 3.09. The smallest absolute Gasteiger partial charge is 0.232 e. The van der Waals surface area contributed by atoms with Crippen LogP contribution in [0.4, 0.5) is 20.4 Å². The van der Waals surface area contributed by atoms with E-state index in [0.29, 0.717) is 22.0 Å².